The molecule has 1 saturated heterocycles. The van der Waals surface area contributed by atoms with E-state index in [-0.39, 0.29) is 0 Å². The maximum absolute atomic E-state index is 5.63. The second-order valence-electron chi connectivity index (χ2n) is 3.66. The van der Waals surface area contributed by atoms with Gasteiger partial charge in [0.05, 0.1) is 19.5 Å². The van der Waals surface area contributed by atoms with Crippen molar-refractivity contribution in [1.82, 2.24) is 0 Å². The van der Waals surface area contributed by atoms with Gasteiger partial charge in [0.15, 0.2) is 0 Å². The summed E-state index contributed by atoms with van der Waals surface area (Å²) in [6.07, 6.45) is 6.12. The topological polar surface area (TPSA) is 18.5 Å². The van der Waals surface area contributed by atoms with Crippen LogP contribution in [0.2, 0.25) is 0 Å². The van der Waals surface area contributed by atoms with Crippen LogP contribution in [0.1, 0.15) is 18.4 Å². The van der Waals surface area contributed by atoms with E-state index in [1.807, 2.05) is 24.3 Å². The molecule has 2 rings (SSSR count). The van der Waals surface area contributed by atoms with Crippen LogP contribution in [0.25, 0.3) is 6.08 Å². The molecule has 0 spiro atoms. The SMILES string of the molecule is C(=Cc1ccccc1)OC1CCOCC1. The second-order valence-corrected chi connectivity index (χ2v) is 3.66. The number of hydrogen-bond donors (Lipinski definition) is 0. The highest BCUT2D eigenvalue weighted by Gasteiger charge is 2.12. The first kappa shape index (κ1) is 10.2. The lowest BCUT2D eigenvalue weighted by atomic mass is 10.1. The minimum absolute atomic E-state index is 0.332. The van der Waals surface area contributed by atoms with Gasteiger partial charge in [0.2, 0.25) is 0 Å². The van der Waals surface area contributed by atoms with E-state index in [1.165, 1.54) is 5.56 Å². The molecule has 0 N–H and O–H groups in total. The fourth-order valence-corrected chi connectivity index (χ4v) is 1.61. The molecule has 80 valence electrons. The van der Waals surface area contributed by atoms with E-state index in [2.05, 4.69) is 12.1 Å². The summed E-state index contributed by atoms with van der Waals surface area (Å²) in [4.78, 5) is 0. The normalized spacial score (nSPS) is 18.1. The van der Waals surface area contributed by atoms with Gasteiger partial charge in [-0.2, -0.15) is 0 Å². The highest BCUT2D eigenvalue weighted by Crippen LogP contribution is 2.11. The summed E-state index contributed by atoms with van der Waals surface area (Å²) < 4.78 is 10.9. The average Bonchev–Trinajstić information content (AvgIpc) is 2.32. The molecule has 0 bridgehead atoms. The summed E-state index contributed by atoms with van der Waals surface area (Å²) >= 11 is 0. The Morgan fingerprint density at radius 2 is 1.87 bits per heavy atom. The lowest BCUT2D eigenvalue weighted by Gasteiger charge is -2.21. The van der Waals surface area contributed by atoms with Crippen molar-refractivity contribution in [1.29, 1.82) is 0 Å². The molecule has 0 amide bonds. The molecule has 1 heterocycles. The predicted octanol–water partition coefficient (Wildman–Crippen LogP) is 2.85. The Bertz CT molecular complexity index is 300. The van der Waals surface area contributed by atoms with Gasteiger partial charge in [0.1, 0.15) is 6.10 Å². The lowest BCUT2D eigenvalue weighted by Crippen LogP contribution is -2.21. The third kappa shape index (κ3) is 3.40. The monoisotopic (exact) mass is 204 g/mol. The van der Waals surface area contributed by atoms with Gasteiger partial charge in [-0.25, -0.2) is 0 Å². The van der Waals surface area contributed by atoms with Crippen molar-refractivity contribution in [2.24, 2.45) is 0 Å². The number of rotatable bonds is 3. The van der Waals surface area contributed by atoms with Crippen molar-refractivity contribution in [3.63, 3.8) is 0 Å². The van der Waals surface area contributed by atoms with E-state index in [4.69, 9.17) is 9.47 Å². The first-order valence-corrected chi connectivity index (χ1v) is 5.40. The largest absolute Gasteiger partial charge is 0.498 e. The van der Waals surface area contributed by atoms with Gasteiger partial charge in [0, 0.05) is 12.8 Å². The molecule has 1 fully saturated rings. The molecule has 2 nitrogen and oxygen atoms in total. The summed E-state index contributed by atoms with van der Waals surface area (Å²) in [6, 6.07) is 10.2. The Labute approximate surface area is 90.5 Å². The number of benzene rings is 1. The van der Waals surface area contributed by atoms with Gasteiger partial charge in [0.25, 0.3) is 0 Å². The number of ether oxygens (including phenoxy) is 2. The van der Waals surface area contributed by atoms with Gasteiger partial charge in [-0.3, -0.25) is 0 Å². The average molecular weight is 204 g/mol. The van der Waals surface area contributed by atoms with Crippen molar-refractivity contribution < 1.29 is 9.47 Å². The van der Waals surface area contributed by atoms with Gasteiger partial charge in [-0.15, -0.1) is 0 Å². The molecular formula is C13H16O2. The summed E-state index contributed by atoms with van der Waals surface area (Å²) in [5, 5.41) is 0. The molecule has 0 aliphatic carbocycles. The van der Waals surface area contributed by atoms with Crippen LogP contribution in [0.4, 0.5) is 0 Å². The minimum Gasteiger partial charge on any atom is -0.498 e. The first-order chi connectivity index (χ1) is 7.45. The van der Waals surface area contributed by atoms with Crippen molar-refractivity contribution in [2.45, 2.75) is 18.9 Å². The van der Waals surface area contributed by atoms with Crippen LogP contribution in [-0.4, -0.2) is 19.3 Å². The zero-order valence-electron chi connectivity index (χ0n) is 8.76. The van der Waals surface area contributed by atoms with Crippen molar-refractivity contribution in [2.75, 3.05) is 13.2 Å². The Kier molecular flexibility index (Phi) is 3.80. The molecule has 0 saturated carbocycles. The van der Waals surface area contributed by atoms with Crippen LogP contribution in [0, 0.1) is 0 Å². The third-order valence-corrected chi connectivity index (χ3v) is 2.50. The molecule has 2 heteroatoms. The fourth-order valence-electron chi connectivity index (χ4n) is 1.61. The molecule has 1 aromatic carbocycles. The van der Waals surface area contributed by atoms with Crippen LogP contribution in [0.5, 0.6) is 0 Å². The predicted molar refractivity (Wildman–Crippen MR) is 60.4 cm³/mol. The highest BCUT2D eigenvalue weighted by atomic mass is 16.5. The van der Waals surface area contributed by atoms with Crippen LogP contribution < -0.4 is 0 Å². The molecule has 1 aromatic rings. The minimum atomic E-state index is 0.332. The van der Waals surface area contributed by atoms with E-state index in [9.17, 15) is 0 Å². The second kappa shape index (κ2) is 5.56. The van der Waals surface area contributed by atoms with Crippen molar-refractivity contribution in [3.05, 3.63) is 42.2 Å². The van der Waals surface area contributed by atoms with Crippen molar-refractivity contribution >= 4 is 6.08 Å². The maximum atomic E-state index is 5.63. The van der Waals surface area contributed by atoms with Crippen LogP contribution in [0.3, 0.4) is 0 Å². The Hall–Kier alpha value is -1.28. The van der Waals surface area contributed by atoms with Crippen LogP contribution >= 0.6 is 0 Å². The van der Waals surface area contributed by atoms with Gasteiger partial charge < -0.3 is 9.47 Å². The zero-order valence-corrected chi connectivity index (χ0v) is 8.76. The molecule has 0 aromatic heterocycles. The van der Waals surface area contributed by atoms with E-state index in [1.54, 1.807) is 6.26 Å². The van der Waals surface area contributed by atoms with E-state index < -0.39 is 0 Å². The summed E-state index contributed by atoms with van der Waals surface area (Å²) in [5.41, 5.74) is 1.17. The quantitative estimate of drug-likeness (QED) is 0.705. The van der Waals surface area contributed by atoms with E-state index >= 15 is 0 Å². The number of hydrogen-bond acceptors (Lipinski definition) is 2. The highest BCUT2D eigenvalue weighted by molar-refractivity contribution is 5.47. The molecule has 1 aliphatic rings. The molecule has 0 atom stereocenters. The maximum Gasteiger partial charge on any atom is 0.102 e. The van der Waals surface area contributed by atoms with Crippen LogP contribution in [-0.2, 0) is 9.47 Å². The molecule has 0 unspecified atom stereocenters. The van der Waals surface area contributed by atoms with Gasteiger partial charge in [-0.05, 0) is 11.6 Å². The smallest absolute Gasteiger partial charge is 0.102 e. The van der Waals surface area contributed by atoms with Crippen molar-refractivity contribution in [3.8, 4) is 0 Å². The molecule has 1 aliphatic heterocycles. The van der Waals surface area contributed by atoms with Crippen LogP contribution in [0.15, 0.2) is 36.6 Å². The van der Waals surface area contributed by atoms with E-state index in [0.717, 1.165) is 26.1 Å². The van der Waals surface area contributed by atoms with Gasteiger partial charge >= 0.3 is 0 Å². The summed E-state index contributed by atoms with van der Waals surface area (Å²) in [6.45, 7) is 1.65. The summed E-state index contributed by atoms with van der Waals surface area (Å²) in [7, 11) is 0. The zero-order chi connectivity index (χ0) is 10.3. The molecule has 15 heavy (non-hydrogen) atoms. The molecule has 0 radical (unpaired) electrons. The lowest BCUT2D eigenvalue weighted by molar-refractivity contribution is 0.00661. The Morgan fingerprint density at radius 3 is 2.60 bits per heavy atom. The van der Waals surface area contributed by atoms with Gasteiger partial charge in [-0.1, -0.05) is 30.3 Å². The van der Waals surface area contributed by atoms with E-state index in [0.29, 0.717) is 6.10 Å². The Balaban J connectivity index is 1.79. The standard InChI is InChI=1S/C13H16O2/c1-2-4-12(5-3-1)6-11-15-13-7-9-14-10-8-13/h1-6,11,13H,7-10H2. The summed E-state index contributed by atoms with van der Waals surface area (Å²) in [5.74, 6) is 0. The first-order valence-electron chi connectivity index (χ1n) is 5.40. The fraction of sp³-hybridized carbons (Fsp3) is 0.385. The third-order valence-electron chi connectivity index (χ3n) is 2.50. The Morgan fingerprint density at radius 1 is 1.13 bits per heavy atom. The molecular weight excluding hydrogens is 188 g/mol.